The van der Waals surface area contributed by atoms with Gasteiger partial charge in [0.05, 0.1) is 0 Å². The predicted octanol–water partition coefficient (Wildman–Crippen LogP) is 3.78. The Morgan fingerprint density at radius 2 is 1.64 bits per heavy atom. The van der Waals surface area contributed by atoms with Crippen molar-refractivity contribution in [3.63, 3.8) is 0 Å². The first-order chi connectivity index (χ1) is 12.7. The minimum Gasteiger partial charge on any atom is -1.00 e. The van der Waals surface area contributed by atoms with Gasteiger partial charge in [0.25, 0.3) is 0 Å². The van der Waals surface area contributed by atoms with Gasteiger partial charge in [-0.1, -0.05) is 74.4 Å². The van der Waals surface area contributed by atoms with E-state index in [0.717, 1.165) is 6.42 Å². The van der Waals surface area contributed by atoms with Crippen LogP contribution in [0.4, 0.5) is 0 Å². The number of hydrogen-bond acceptors (Lipinski definition) is 0. The first-order valence-electron chi connectivity index (χ1n) is 9.59. The maximum Gasteiger partial charge on any atom is -0.0253 e. The molecule has 0 heterocycles. The van der Waals surface area contributed by atoms with Gasteiger partial charge < -0.3 is 12.4 Å². The van der Waals surface area contributed by atoms with Crippen LogP contribution in [0.5, 0.6) is 0 Å². The van der Waals surface area contributed by atoms with Crippen molar-refractivity contribution in [1.82, 2.24) is 0 Å². The van der Waals surface area contributed by atoms with Crippen molar-refractivity contribution in [2.45, 2.75) is 48.0 Å². The van der Waals surface area contributed by atoms with Crippen LogP contribution < -0.4 is 12.4 Å². The first kappa shape index (κ1) is 25.0. The Morgan fingerprint density at radius 3 is 2.18 bits per heavy atom. The Morgan fingerprint density at radius 1 is 1.04 bits per heavy atom. The average molecular weight is 469 g/mol. The first-order valence-corrected chi connectivity index (χ1v) is 10.8. The molecule has 0 radical (unpaired) electrons. The van der Waals surface area contributed by atoms with Crippen LogP contribution >= 0.6 is 0 Å². The van der Waals surface area contributed by atoms with Crippen LogP contribution in [0.3, 0.4) is 0 Å². The Balaban J connectivity index is 0.000000235. The summed E-state index contributed by atoms with van der Waals surface area (Å²) in [4.78, 5) is 0. The molecule has 2 aromatic carbocycles. The van der Waals surface area contributed by atoms with Crippen molar-refractivity contribution in [1.29, 1.82) is 0 Å². The summed E-state index contributed by atoms with van der Waals surface area (Å²) in [6.45, 7) is 13.1. The monoisotopic (exact) mass is 467 g/mol. The molecule has 0 saturated carbocycles. The zero-order valence-electron chi connectivity index (χ0n) is 17.9. The number of allylic oxidation sites excluding steroid dienone is 4. The van der Waals surface area contributed by atoms with Gasteiger partial charge in [0.2, 0.25) is 0 Å². The maximum atomic E-state index is 3.30. The van der Waals surface area contributed by atoms with E-state index in [9.17, 15) is 0 Å². The third-order valence-corrected chi connectivity index (χ3v) is 4.41. The normalized spacial score (nSPS) is 15.6. The number of fused-ring (bicyclic) bond motifs is 3. The third kappa shape index (κ3) is 7.42. The zero-order chi connectivity index (χ0) is 20.0. The molecule has 0 aliphatic heterocycles. The predicted molar refractivity (Wildman–Crippen MR) is 114 cm³/mol. The summed E-state index contributed by atoms with van der Waals surface area (Å²) >= 11 is 1.55. The van der Waals surface area contributed by atoms with Crippen LogP contribution in [0, 0.1) is 23.5 Å². The fourth-order valence-electron chi connectivity index (χ4n) is 3.05. The van der Waals surface area contributed by atoms with Crippen molar-refractivity contribution in [2.75, 3.05) is 0 Å². The summed E-state index contributed by atoms with van der Waals surface area (Å²) in [6, 6.07) is 18.1. The van der Waals surface area contributed by atoms with Gasteiger partial charge in [-0.05, 0) is 6.42 Å². The molecule has 1 unspecified atom stereocenters. The standard InChI is InChI=1S/C13H9.C10H15.C3H6.ClH.Zr/c1-3-7-12-10(5-1)9-11-6-2-4-8-13(11)12;1-8-5-6-9(7-8)10(2,3)4;1-3-2;;/h1-5,7-8H,9H2;6-8H,1-4H3;1-2H3;1H;/q2*-1;;;/p-1. The molecular weight excluding hydrogens is 439 g/mol. The zero-order valence-corrected chi connectivity index (χ0v) is 21.1. The molecule has 0 amide bonds. The Kier molecular flexibility index (Phi) is 10.0. The molecule has 1 atom stereocenters. The SMILES string of the molecule is CC1[C-]=CC(C(C)(C)C)=C1.C[C](C)=[Zr].[Cl-].[c-]1cccc2c1Cc1ccccc1-2. The maximum absolute atomic E-state index is 3.30. The molecule has 2 aromatic rings. The third-order valence-electron chi connectivity index (χ3n) is 4.41. The summed E-state index contributed by atoms with van der Waals surface area (Å²) in [5.41, 5.74) is 7.23. The molecule has 0 spiro atoms. The molecule has 0 fully saturated rings. The second-order valence-electron chi connectivity index (χ2n) is 8.37. The Bertz CT molecular complexity index is 805. The molecule has 0 aromatic heterocycles. The van der Waals surface area contributed by atoms with E-state index in [-0.39, 0.29) is 12.4 Å². The van der Waals surface area contributed by atoms with E-state index in [1.807, 2.05) is 6.07 Å². The molecule has 4 rings (SSSR count). The molecule has 148 valence electrons. The van der Waals surface area contributed by atoms with E-state index in [2.05, 4.69) is 102 Å². The fraction of sp³-hybridized carbons (Fsp3) is 0.346. The van der Waals surface area contributed by atoms with Crippen LogP contribution in [0.1, 0.15) is 52.7 Å². The molecule has 0 N–H and O–H groups in total. The minimum absolute atomic E-state index is 0. The Hall–Kier alpha value is -1.04. The van der Waals surface area contributed by atoms with Crippen molar-refractivity contribution < 1.29 is 36.6 Å². The smallest absolute Gasteiger partial charge is 0.0253 e. The van der Waals surface area contributed by atoms with Crippen molar-refractivity contribution in [3.05, 3.63) is 83.5 Å². The van der Waals surface area contributed by atoms with Crippen molar-refractivity contribution >= 4 is 3.21 Å². The van der Waals surface area contributed by atoms with E-state index < -0.39 is 0 Å². The number of halogens is 1. The van der Waals surface area contributed by atoms with E-state index in [4.69, 9.17) is 0 Å². The molecule has 28 heavy (non-hydrogen) atoms. The van der Waals surface area contributed by atoms with Gasteiger partial charge in [0, 0.05) is 0 Å². The fourth-order valence-corrected chi connectivity index (χ4v) is 3.05. The second kappa shape index (κ2) is 11.2. The summed E-state index contributed by atoms with van der Waals surface area (Å²) in [5.74, 6) is 0.522. The Labute approximate surface area is 192 Å². The van der Waals surface area contributed by atoms with Gasteiger partial charge >= 0.3 is 41.3 Å². The summed E-state index contributed by atoms with van der Waals surface area (Å²) in [7, 11) is 0. The van der Waals surface area contributed by atoms with Crippen molar-refractivity contribution in [3.8, 4) is 11.1 Å². The van der Waals surface area contributed by atoms with Crippen LogP contribution in [0.25, 0.3) is 11.1 Å². The quantitative estimate of drug-likeness (QED) is 0.440. The molecule has 2 heteroatoms. The molecular formula is C26H30ClZr-3. The van der Waals surface area contributed by atoms with Crippen LogP contribution in [-0.2, 0) is 30.7 Å². The summed E-state index contributed by atoms with van der Waals surface area (Å²) < 4.78 is 1.51. The largest absolute Gasteiger partial charge is 1.00 e. The van der Waals surface area contributed by atoms with Crippen LogP contribution in [-0.4, -0.2) is 3.21 Å². The van der Waals surface area contributed by atoms with E-state index in [1.54, 1.807) is 24.2 Å². The molecule has 2 aliphatic carbocycles. The second-order valence-corrected chi connectivity index (χ2v) is 10.8. The van der Waals surface area contributed by atoms with Gasteiger partial charge in [-0.25, -0.2) is 6.08 Å². The van der Waals surface area contributed by atoms with E-state index in [1.165, 1.54) is 31.0 Å². The van der Waals surface area contributed by atoms with Gasteiger partial charge in [-0.2, -0.15) is 41.5 Å². The summed E-state index contributed by atoms with van der Waals surface area (Å²) in [5, 5.41) is 0. The van der Waals surface area contributed by atoms with Gasteiger partial charge in [0.1, 0.15) is 0 Å². The summed E-state index contributed by atoms with van der Waals surface area (Å²) in [6.07, 6.45) is 8.70. The van der Waals surface area contributed by atoms with Gasteiger partial charge in [-0.3, -0.25) is 6.08 Å². The van der Waals surface area contributed by atoms with Gasteiger partial charge in [-0.15, -0.1) is 5.56 Å². The molecule has 0 saturated heterocycles. The number of rotatable bonds is 0. The number of hydrogen-bond donors (Lipinski definition) is 0. The minimum atomic E-state index is 0. The topological polar surface area (TPSA) is 0 Å². The number of benzene rings is 2. The average Bonchev–Trinajstić information content (AvgIpc) is 3.18. The van der Waals surface area contributed by atoms with Crippen molar-refractivity contribution in [2.24, 2.45) is 11.3 Å². The van der Waals surface area contributed by atoms with E-state index in [0.29, 0.717) is 11.3 Å². The molecule has 2 aliphatic rings. The molecule has 0 nitrogen and oxygen atoms in total. The van der Waals surface area contributed by atoms with Crippen LogP contribution in [0.2, 0.25) is 0 Å². The molecule has 0 bridgehead atoms. The van der Waals surface area contributed by atoms with E-state index >= 15 is 0 Å². The van der Waals surface area contributed by atoms with Crippen LogP contribution in [0.15, 0.2) is 60.2 Å². The van der Waals surface area contributed by atoms with Gasteiger partial charge in [0.15, 0.2) is 0 Å².